The Bertz CT molecular complexity index is 545. The van der Waals surface area contributed by atoms with Crippen LogP contribution in [-0.2, 0) is 14.3 Å². The molecule has 6 nitrogen and oxygen atoms in total. The fraction of sp³-hybridized carbons (Fsp3) is 0.500. The minimum Gasteiger partial charge on any atom is -0.482 e. The van der Waals surface area contributed by atoms with Crippen molar-refractivity contribution < 1.29 is 19.1 Å². The number of rotatable bonds is 5. The van der Waals surface area contributed by atoms with Crippen molar-refractivity contribution >= 4 is 30.0 Å². The van der Waals surface area contributed by atoms with Gasteiger partial charge in [-0.2, -0.15) is 0 Å². The lowest BCUT2D eigenvalue weighted by Gasteiger charge is -2.23. The molecule has 7 heteroatoms. The quantitative estimate of drug-likeness (QED) is 0.801. The molecule has 1 aromatic rings. The molecule has 0 aromatic heterocycles. The molecule has 0 aliphatic carbocycles. The summed E-state index contributed by atoms with van der Waals surface area (Å²) in [4.78, 5) is 23.2. The highest BCUT2D eigenvalue weighted by atomic mass is 35.5. The molecule has 1 saturated heterocycles. The van der Waals surface area contributed by atoms with Gasteiger partial charge in [0.1, 0.15) is 5.75 Å². The second kappa shape index (κ2) is 9.37. The Hall–Kier alpha value is -1.79. The number of nitrogens with one attached hydrogen (secondary N) is 2. The molecule has 2 rings (SSSR count). The van der Waals surface area contributed by atoms with E-state index in [2.05, 4.69) is 15.4 Å². The molecule has 0 spiro atoms. The summed E-state index contributed by atoms with van der Waals surface area (Å²) in [5, 5.41) is 6.16. The predicted octanol–water partition coefficient (Wildman–Crippen LogP) is 2.05. The first-order valence-corrected chi connectivity index (χ1v) is 7.44. The van der Waals surface area contributed by atoms with Crippen molar-refractivity contribution in [2.24, 2.45) is 0 Å². The van der Waals surface area contributed by atoms with Gasteiger partial charge in [-0.05, 0) is 50.1 Å². The monoisotopic (exact) mass is 342 g/mol. The molecular formula is C16H23ClN2O4. The number of hydrogen-bond donors (Lipinski definition) is 2. The van der Waals surface area contributed by atoms with E-state index < -0.39 is 5.97 Å². The first kappa shape index (κ1) is 19.3. The number of carbonyl (C=O) groups is 2. The summed E-state index contributed by atoms with van der Waals surface area (Å²) in [7, 11) is 1.31. The van der Waals surface area contributed by atoms with Crippen LogP contribution in [0.1, 0.15) is 24.8 Å². The Morgan fingerprint density at radius 3 is 2.74 bits per heavy atom. The molecular weight excluding hydrogens is 320 g/mol. The van der Waals surface area contributed by atoms with Crippen molar-refractivity contribution in [3.05, 3.63) is 23.8 Å². The molecule has 0 bridgehead atoms. The van der Waals surface area contributed by atoms with Crippen LogP contribution in [0.2, 0.25) is 0 Å². The number of anilines is 1. The third-order valence-electron chi connectivity index (χ3n) is 3.67. The Labute approximate surface area is 142 Å². The van der Waals surface area contributed by atoms with Gasteiger partial charge in [0.15, 0.2) is 6.61 Å². The Balaban J connectivity index is 0.00000264. The van der Waals surface area contributed by atoms with E-state index in [1.165, 1.54) is 7.11 Å². The largest absolute Gasteiger partial charge is 0.482 e. The zero-order valence-corrected chi connectivity index (χ0v) is 14.2. The molecule has 1 aromatic carbocycles. The third-order valence-corrected chi connectivity index (χ3v) is 3.67. The number of esters is 1. The second-order valence-electron chi connectivity index (χ2n) is 5.33. The summed E-state index contributed by atoms with van der Waals surface area (Å²) < 4.78 is 9.83. The van der Waals surface area contributed by atoms with Crippen molar-refractivity contribution in [3.63, 3.8) is 0 Å². The zero-order valence-electron chi connectivity index (χ0n) is 13.4. The molecule has 1 unspecified atom stereocenters. The van der Waals surface area contributed by atoms with Gasteiger partial charge in [0.2, 0.25) is 5.91 Å². The molecule has 1 aliphatic rings. The van der Waals surface area contributed by atoms with Gasteiger partial charge in [0, 0.05) is 5.69 Å². The summed E-state index contributed by atoms with van der Waals surface area (Å²) in [6.07, 6.45) is 3.06. The number of halogens is 1. The van der Waals surface area contributed by atoms with Crippen LogP contribution in [0.15, 0.2) is 18.2 Å². The molecule has 2 N–H and O–H groups in total. The van der Waals surface area contributed by atoms with Crippen molar-refractivity contribution in [2.45, 2.75) is 32.2 Å². The number of ether oxygens (including phenoxy) is 2. The molecule has 128 valence electrons. The van der Waals surface area contributed by atoms with Gasteiger partial charge in [-0.3, -0.25) is 4.79 Å². The van der Waals surface area contributed by atoms with Gasteiger partial charge in [0.25, 0.3) is 0 Å². The molecule has 1 fully saturated rings. The normalized spacial score (nSPS) is 16.9. The van der Waals surface area contributed by atoms with Crippen LogP contribution in [0, 0.1) is 6.92 Å². The zero-order chi connectivity index (χ0) is 15.9. The van der Waals surface area contributed by atoms with Crippen molar-refractivity contribution in [1.29, 1.82) is 0 Å². The van der Waals surface area contributed by atoms with Gasteiger partial charge in [-0.15, -0.1) is 12.4 Å². The van der Waals surface area contributed by atoms with Gasteiger partial charge in [0.05, 0.1) is 13.2 Å². The Kier molecular flexibility index (Phi) is 7.85. The summed E-state index contributed by atoms with van der Waals surface area (Å²) in [6, 6.07) is 5.17. The number of amides is 1. The highest BCUT2D eigenvalue weighted by Gasteiger charge is 2.20. The average Bonchev–Trinajstić information content (AvgIpc) is 2.55. The van der Waals surface area contributed by atoms with E-state index >= 15 is 0 Å². The number of carbonyl (C=O) groups excluding carboxylic acids is 2. The number of piperidine rings is 1. The minimum absolute atomic E-state index is 0. The molecule has 1 atom stereocenters. The molecule has 0 radical (unpaired) electrons. The molecule has 1 heterocycles. The minimum atomic E-state index is -0.432. The summed E-state index contributed by atoms with van der Waals surface area (Å²) in [5.74, 6) is 0.126. The highest BCUT2D eigenvalue weighted by Crippen LogP contribution is 2.22. The van der Waals surface area contributed by atoms with E-state index in [-0.39, 0.29) is 31.0 Å². The number of aryl methyl sites for hydroxylation is 1. The predicted molar refractivity (Wildman–Crippen MR) is 90.2 cm³/mol. The summed E-state index contributed by atoms with van der Waals surface area (Å²) in [6.45, 7) is 2.64. The number of benzene rings is 1. The van der Waals surface area contributed by atoms with E-state index in [4.69, 9.17) is 4.74 Å². The van der Waals surface area contributed by atoms with Crippen LogP contribution >= 0.6 is 12.4 Å². The van der Waals surface area contributed by atoms with Crippen LogP contribution in [0.4, 0.5) is 5.69 Å². The van der Waals surface area contributed by atoms with E-state index in [0.29, 0.717) is 5.75 Å². The highest BCUT2D eigenvalue weighted by molar-refractivity contribution is 5.95. The smallest absolute Gasteiger partial charge is 0.343 e. The first-order valence-electron chi connectivity index (χ1n) is 7.44. The van der Waals surface area contributed by atoms with Crippen LogP contribution in [-0.4, -0.2) is 38.2 Å². The maximum absolute atomic E-state index is 12.2. The fourth-order valence-corrected chi connectivity index (χ4v) is 2.36. The Morgan fingerprint density at radius 1 is 1.35 bits per heavy atom. The Morgan fingerprint density at radius 2 is 2.13 bits per heavy atom. The standard InChI is InChI=1S/C16H22N2O4.ClH/c1-11-9-12(22-10-15(19)21-2)6-7-13(11)18-16(20)14-5-3-4-8-17-14;/h6-7,9,14,17H,3-5,8,10H2,1-2H3,(H,18,20);1H. The van der Waals surface area contributed by atoms with Crippen molar-refractivity contribution in [1.82, 2.24) is 5.32 Å². The van der Waals surface area contributed by atoms with Crippen LogP contribution in [0.25, 0.3) is 0 Å². The SMILES string of the molecule is COC(=O)COc1ccc(NC(=O)C2CCCCN2)c(C)c1.Cl. The van der Waals surface area contributed by atoms with Crippen LogP contribution in [0.3, 0.4) is 0 Å². The van der Waals surface area contributed by atoms with Gasteiger partial charge < -0.3 is 20.1 Å². The topological polar surface area (TPSA) is 76.7 Å². The van der Waals surface area contributed by atoms with Crippen LogP contribution in [0.5, 0.6) is 5.75 Å². The van der Waals surface area contributed by atoms with Gasteiger partial charge in [-0.25, -0.2) is 4.79 Å². The number of hydrogen-bond acceptors (Lipinski definition) is 5. The summed E-state index contributed by atoms with van der Waals surface area (Å²) in [5.41, 5.74) is 1.63. The van der Waals surface area contributed by atoms with E-state index in [1.807, 2.05) is 6.92 Å². The maximum Gasteiger partial charge on any atom is 0.343 e. The second-order valence-corrected chi connectivity index (χ2v) is 5.33. The third kappa shape index (κ3) is 5.73. The lowest BCUT2D eigenvalue weighted by Crippen LogP contribution is -2.43. The van der Waals surface area contributed by atoms with Crippen LogP contribution < -0.4 is 15.4 Å². The van der Waals surface area contributed by atoms with E-state index in [0.717, 1.165) is 37.1 Å². The van der Waals surface area contributed by atoms with Crippen molar-refractivity contribution in [3.8, 4) is 5.75 Å². The number of methoxy groups -OCH3 is 1. The molecule has 1 amide bonds. The van der Waals surface area contributed by atoms with E-state index in [9.17, 15) is 9.59 Å². The van der Waals surface area contributed by atoms with Gasteiger partial charge in [-0.1, -0.05) is 6.42 Å². The lowest BCUT2D eigenvalue weighted by atomic mass is 10.0. The average molecular weight is 343 g/mol. The van der Waals surface area contributed by atoms with Gasteiger partial charge >= 0.3 is 5.97 Å². The maximum atomic E-state index is 12.2. The molecule has 23 heavy (non-hydrogen) atoms. The summed E-state index contributed by atoms with van der Waals surface area (Å²) >= 11 is 0. The lowest BCUT2D eigenvalue weighted by molar-refractivity contribution is -0.142. The fourth-order valence-electron chi connectivity index (χ4n) is 2.36. The van der Waals surface area contributed by atoms with E-state index in [1.54, 1.807) is 18.2 Å². The first-order chi connectivity index (χ1) is 10.6. The van der Waals surface area contributed by atoms with Crippen molar-refractivity contribution in [2.75, 3.05) is 25.6 Å². The molecule has 0 saturated carbocycles. The molecule has 1 aliphatic heterocycles.